The fourth-order valence-corrected chi connectivity index (χ4v) is 2.15. The average molecular weight is 273 g/mol. The quantitative estimate of drug-likeness (QED) is 0.833. The zero-order valence-electron chi connectivity index (χ0n) is 11.8. The summed E-state index contributed by atoms with van der Waals surface area (Å²) in [5.74, 6) is 1.49. The number of aromatic nitrogens is 4. The molecular formula is C11H23N5OS. The van der Waals surface area contributed by atoms with Gasteiger partial charge in [0.05, 0.1) is 12.6 Å². The fourth-order valence-electron chi connectivity index (χ4n) is 1.47. The zero-order chi connectivity index (χ0) is 13.8. The molecule has 0 spiro atoms. The van der Waals surface area contributed by atoms with Crippen molar-refractivity contribution >= 4 is 10.8 Å². The van der Waals surface area contributed by atoms with Crippen molar-refractivity contribution in [1.29, 1.82) is 0 Å². The number of hydrogen-bond donors (Lipinski definition) is 1. The summed E-state index contributed by atoms with van der Waals surface area (Å²) in [6, 6.07) is 0.167. The van der Waals surface area contributed by atoms with Gasteiger partial charge in [0.2, 0.25) is 0 Å². The maximum absolute atomic E-state index is 11.1. The molecular weight excluding hydrogens is 250 g/mol. The molecule has 0 aromatic carbocycles. The van der Waals surface area contributed by atoms with Gasteiger partial charge in [-0.15, -0.1) is 5.10 Å². The van der Waals surface area contributed by atoms with E-state index in [9.17, 15) is 4.21 Å². The smallest absolute Gasteiger partial charge is 0.165 e. The van der Waals surface area contributed by atoms with E-state index in [0.717, 1.165) is 12.2 Å². The van der Waals surface area contributed by atoms with Crippen molar-refractivity contribution in [2.45, 2.75) is 52.2 Å². The van der Waals surface area contributed by atoms with Crippen LogP contribution < -0.4 is 5.32 Å². The molecule has 2 unspecified atom stereocenters. The summed E-state index contributed by atoms with van der Waals surface area (Å²) in [6.45, 7) is 8.99. The van der Waals surface area contributed by atoms with Crippen molar-refractivity contribution in [1.82, 2.24) is 25.5 Å². The predicted octanol–water partition coefficient (Wildman–Crippen LogP) is 0.891. The van der Waals surface area contributed by atoms with Crippen molar-refractivity contribution < 1.29 is 4.21 Å². The minimum atomic E-state index is -0.770. The third kappa shape index (κ3) is 5.22. The molecule has 0 amide bonds. The highest BCUT2D eigenvalue weighted by Gasteiger charge is 2.16. The van der Waals surface area contributed by atoms with E-state index in [1.165, 1.54) is 0 Å². The van der Waals surface area contributed by atoms with Gasteiger partial charge in [-0.2, -0.15) is 0 Å². The molecule has 7 heteroatoms. The Hall–Kier alpha value is -0.820. The van der Waals surface area contributed by atoms with Crippen LogP contribution in [0.4, 0.5) is 0 Å². The lowest BCUT2D eigenvalue weighted by atomic mass is 10.1. The monoisotopic (exact) mass is 273 g/mol. The van der Waals surface area contributed by atoms with Crippen molar-refractivity contribution in [2.75, 3.05) is 12.0 Å². The lowest BCUT2D eigenvalue weighted by Gasteiger charge is -2.20. The van der Waals surface area contributed by atoms with Crippen LogP contribution in [0.3, 0.4) is 0 Å². The number of hydrogen-bond acceptors (Lipinski definition) is 5. The van der Waals surface area contributed by atoms with Gasteiger partial charge < -0.3 is 5.32 Å². The van der Waals surface area contributed by atoms with E-state index in [0.29, 0.717) is 12.3 Å². The highest BCUT2D eigenvalue weighted by molar-refractivity contribution is 7.84. The molecule has 0 radical (unpaired) electrons. The maximum Gasteiger partial charge on any atom is 0.165 e. The van der Waals surface area contributed by atoms with Gasteiger partial charge in [0.1, 0.15) is 0 Å². The van der Waals surface area contributed by atoms with E-state index < -0.39 is 10.8 Å². The summed E-state index contributed by atoms with van der Waals surface area (Å²) in [4.78, 5) is 0. The van der Waals surface area contributed by atoms with Crippen LogP contribution in [0.25, 0.3) is 0 Å². The Labute approximate surface area is 111 Å². The minimum Gasteiger partial charge on any atom is -0.305 e. The van der Waals surface area contributed by atoms with Crippen LogP contribution in [-0.4, -0.2) is 42.0 Å². The van der Waals surface area contributed by atoms with Crippen LogP contribution in [0.1, 0.15) is 46.0 Å². The molecule has 1 rings (SSSR count). The van der Waals surface area contributed by atoms with E-state index in [-0.39, 0.29) is 11.6 Å². The second-order valence-electron chi connectivity index (χ2n) is 5.56. The van der Waals surface area contributed by atoms with Gasteiger partial charge in [0.15, 0.2) is 5.82 Å². The van der Waals surface area contributed by atoms with Gasteiger partial charge in [0, 0.05) is 28.3 Å². The first-order chi connectivity index (χ1) is 8.29. The molecule has 0 saturated carbocycles. The molecule has 0 aliphatic heterocycles. The Balaban J connectivity index is 2.61. The van der Waals surface area contributed by atoms with E-state index in [2.05, 4.69) is 41.6 Å². The van der Waals surface area contributed by atoms with E-state index in [1.54, 1.807) is 6.26 Å². The molecule has 0 bridgehead atoms. The molecule has 104 valence electrons. The summed E-state index contributed by atoms with van der Waals surface area (Å²) in [7, 11) is -0.770. The first kappa shape index (κ1) is 15.2. The molecule has 6 nitrogen and oxygen atoms in total. The van der Waals surface area contributed by atoms with Crippen molar-refractivity contribution in [3.05, 3.63) is 5.82 Å². The molecule has 0 aliphatic carbocycles. The van der Waals surface area contributed by atoms with Crippen LogP contribution in [0.5, 0.6) is 0 Å². The Bertz CT molecular complexity index is 398. The fraction of sp³-hybridized carbons (Fsp3) is 0.909. The molecule has 0 aliphatic rings. The van der Waals surface area contributed by atoms with Crippen LogP contribution in [0.2, 0.25) is 0 Å². The zero-order valence-corrected chi connectivity index (χ0v) is 12.6. The third-order valence-electron chi connectivity index (χ3n) is 2.58. The van der Waals surface area contributed by atoms with Crippen LogP contribution in [0.15, 0.2) is 0 Å². The van der Waals surface area contributed by atoms with Crippen LogP contribution >= 0.6 is 0 Å². The van der Waals surface area contributed by atoms with Gasteiger partial charge in [-0.25, -0.2) is 4.68 Å². The van der Waals surface area contributed by atoms with Gasteiger partial charge in [-0.3, -0.25) is 4.21 Å². The summed E-state index contributed by atoms with van der Waals surface area (Å²) in [5, 5.41) is 15.1. The number of rotatable bonds is 6. The summed E-state index contributed by atoms with van der Waals surface area (Å²) in [6.07, 6.45) is 2.53. The minimum absolute atomic E-state index is 0.0327. The molecule has 2 atom stereocenters. The number of nitrogens with zero attached hydrogens (tertiary/aromatic N) is 4. The van der Waals surface area contributed by atoms with Gasteiger partial charge in [-0.1, -0.05) is 0 Å². The molecule has 1 N–H and O–H groups in total. The highest BCUT2D eigenvalue weighted by Crippen LogP contribution is 2.11. The topological polar surface area (TPSA) is 72.7 Å². The molecule has 18 heavy (non-hydrogen) atoms. The lowest BCUT2D eigenvalue weighted by Crippen LogP contribution is -2.36. The average Bonchev–Trinajstić information content (AvgIpc) is 2.70. The summed E-state index contributed by atoms with van der Waals surface area (Å²) in [5.41, 5.74) is 0.0327. The second-order valence-corrected chi connectivity index (χ2v) is 7.11. The second kappa shape index (κ2) is 6.38. The number of nitrogens with one attached hydrogen (secondary N) is 1. The van der Waals surface area contributed by atoms with Crippen molar-refractivity contribution in [2.24, 2.45) is 0 Å². The molecule has 1 aromatic heterocycles. The molecule has 0 saturated heterocycles. The third-order valence-corrected chi connectivity index (χ3v) is 3.39. The SMILES string of the molecule is CC(CCS(C)=O)n1nnnc1CNC(C)(C)C. The Morgan fingerprint density at radius 2 is 2.11 bits per heavy atom. The Morgan fingerprint density at radius 1 is 1.44 bits per heavy atom. The van der Waals surface area contributed by atoms with E-state index in [4.69, 9.17) is 0 Å². The van der Waals surface area contributed by atoms with Gasteiger partial charge >= 0.3 is 0 Å². The van der Waals surface area contributed by atoms with Gasteiger partial charge in [0.25, 0.3) is 0 Å². The summed E-state index contributed by atoms with van der Waals surface area (Å²) >= 11 is 0. The Kier molecular flexibility index (Phi) is 5.40. The largest absolute Gasteiger partial charge is 0.305 e. The number of tetrazole rings is 1. The van der Waals surface area contributed by atoms with Crippen LogP contribution in [0, 0.1) is 0 Å². The Morgan fingerprint density at radius 3 is 2.67 bits per heavy atom. The first-order valence-electron chi connectivity index (χ1n) is 6.11. The summed E-state index contributed by atoms with van der Waals surface area (Å²) < 4.78 is 12.9. The maximum atomic E-state index is 11.1. The van der Waals surface area contributed by atoms with E-state index in [1.807, 2.05) is 11.6 Å². The standard InChI is InChI=1S/C11H23N5OS/c1-9(6-7-18(5)17)16-10(13-14-15-16)8-12-11(2,3)4/h9,12H,6-8H2,1-5H3. The molecule has 1 heterocycles. The highest BCUT2D eigenvalue weighted by atomic mass is 32.2. The predicted molar refractivity (Wildman–Crippen MR) is 72.7 cm³/mol. The molecule has 0 fully saturated rings. The van der Waals surface area contributed by atoms with Crippen molar-refractivity contribution in [3.8, 4) is 0 Å². The normalized spacial score (nSPS) is 15.6. The first-order valence-corrected chi connectivity index (χ1v) is 7.84. The van der Waals surface area contributed by atoms with E-state index >= 15 is 0 Å². The lowest BCUT2D eigenvalue weighted by molar-refractivity contribution is 0.391. The van der Waals surface area contributed by atoms with Crippen molar-refractivity contribution in [3.63, 3.8) is 0 Å². The van der Waals surface area contributed by atoms with Gasteiger partial charge in [-0.05, 0) is 44.5 Å². The van der Waals surface area contributed by atoms with Crippen LogP contribution in [-0.2, 0) is 17.3 Å². The molecule has 1 aromatic rings.